The van der Waals surface area contributed by atoms with Gasteiger partial charge in [-0.2, -0.15) is 0 Å². The van der Waals surface area contributed by atoms with Crippen molar-refractivity contribution in [3.8, 4) is 0 Å². The highest BCUT2D eigenvalue weighted by atomic mass is 32.1. The Bertz CT molecular complexity index is 1130. The summed E-state index contributed by atoms with van der Waals surface area (Å²) in [5.74, 6) is 0.139. The molecule has 3 heterocycles. The molecule has 0 bridgehead atoms. The number of nitrogens with zero attached hydrogens (tertiary/aromatic N) is 1. The van der Waals surface area contributed by atoms with Gasteiger partial charge in [0.05, 0.1) is 12.3 Å². The zero-order chi connectivity index (χ0) is 20.9. The van der Waals surface area contributed by atoms with Gasteiger partial charge in [-0.1, -0.05) is 31.2 Å². The van der Waals surface area contributed by atoms with Crippen LogP contribution >= 0.6 is 11.3 Å². The largest absolute Gasteiger partial charge is 0.459 e. The standard InChI is InChI=1S/C23H20FN3O2S/c1-2-15-14-17(23(30-15)27-22(28)19-10-7-13-29-19)21(16-8-3-4-9-18(16)24)26-20-11-5-6-12-25-20/h3-14,21H,2H2,1H3,(H,25,26)(H,27,28)/t21-/m1/s1. The lowest BCUT2D eigenvalue weighted by atomic mass is 9.99. The van der Waals surface area contributed by atoms with Crippen LogP contribution in [0, 0.1) is 5.82 Å². The van der Waals surface area contributed by atoms with Crippen LogP contribution in [0.25, 0.3) is 0 Å². The van der Waals surface area contributed by atoms with E-state index in [1.165, 1.54) is 23.7 Å². The van der Waals surface area contributed by atoms with E-state index in [1.54, 1.807) is 36.5 Å². The number of furan rings is 1. The number of aryl methyl sites for hydroxylation is 1. The summed E-state index contributed by atoms with van der Waals surface area (Å²) in [7, 11) is 0. The fourth-order valence-electron chi connectivity index (χ4n) is 3.15. The summed E-state index contributed by atoms with van der Waals surface area (Å²) >= 11 is 1.47. The van der Waals surface area contributed by atoms with E-state index in [1.807, 2.05) is 31.2 Å². The average Bonchev–Trinajstić information content (AvgIpc) is 3.44. The molecular weight excluding hydrogens is 401 g/mol. The van der Waals surface area contributed by atoms with Crippen LogP contribution < -0.4 is 10.6 Å². The maximum absolute atomic E-state index is 14.8. The summed E-state index contributed by atoms with van der Waals surface area (Å²) in [5, 5.41) is 6.89. The summed E-state index contributed by atoms with van der Waals surface area (Å²) in [5.41, 5.74) is 1.24. The SMILES string of the molecule is CCc1cc([C@H](Nc2ccccn2)c2ccccc2F)c(NC(=O)c2ccco2)s1. The summed E-state index contributed by atoms with van der Waals surface area (Å²) in [6.45, 7) is 2.04. The predicted octanol–water partition coefficient (Wildman–Crippen LogP) is 5.89. The Morgan fingerprint density at radius 3 is 2.67 bits per heavy atom. The molecule has 0 spiro atoms. The molecule has 5 nitrogen and oxygen atoms in total. The molecule has 0 saturated carbocycles. The molecule has 0 fully saturated rings. The molecule has 2 N–H and O–H groups in total. The summed E-state index contributed by atoms with van der Waals surface area (Å²) in [6, 6.07) is 16.8. The molecule has 152 valence electrons. The average molecular weight is 421 g/mol. The monoisotopic (exact) mass is 421 g/mol. The Hall–Kier alpha value is -3.45. The number of hydrogen-bond donors (Lipinski definition) is 2. The molecule has 0 unspecified atom stereocenters. The van der Waals surface area contributed by atoms with Crippen molar-refractivity contribution in [2.75, 3.05) is 10.6 Å². The maximum Gasteiger partial charge on any atom is 0.291 e. The number of anilines is 2. The Morgan fingerprint density at radius 1 is 1.13 bits per heavy atom. The molecular formula is C23H20FN3O2S. The van der Waals surface area contributed by atoms with Crippen molar-refractivity contribution in [2.45, 2.75) is 19.4 Å². The van der Waals surface area contributed by atoms with E-state index in [-0.39, 0.29) is 17.5 Å². The maximum atomic E-state index is 14.8. The van der Waals surface area contributed by atoms with Crippen molar-refractivity contribution >= 4 is 28.1 Å². The highest BCUT2D eigenvalue weighted by Crippen LogP contribution is 2.38. The Labute approximate surface area is 177 Å². The van der Waals surface area contributed by atoms with Gasteiger partial charge in [-0.3, -0.25) is 4.79 Å². The molecule has 1 atom stereocenters. The van der Waals surface area contributed by atoms with E-state index in [0.717, 1.165) is 16.9 Å². The van der Waals surface area contributed by atoms with E-state index in [9.17, 15) is 9.18 Å². The minimum atomic E-state index is -0.537. The number of benzene rings is 1. The first kappa shape index (κ1) is 19.8. The first-order chi connectivity index (χ1) is 14.7. The number of thiophene rings is 1. The molecule has 0 aliphatic rings. The third-order valence-corrected chi connectivity index (χ3v) is 5.83. The van der Waals surface area contributed by atoms with Crippen molar-refractivity contribution in [3.63, 3.8) is 0 Å². The first-order valence-electron chi connectivity index (χ1n) is 9.55. The second-order valence-electron chi connectivity index (χ2n) is 6.60. The van der Waals surface area contributed by atoms with Gasteiger partial charge in [0.25, 0.3) is 5.91 Å². The fourth-order valence-corrected chi connectivity index (χ4v) is 4.18. The van der Waals surface area contributed by atoms with Crippen LogP contribution in [0.5, 0.6) is 0 Å². The quantitative estimate of drug-likeness (QED) is 0.390. The highest BCUT2D eigenvalue weighted by molar-refractivity contribution is 7.16. The summed E-state index contributed by atoms with van der Waals surface area (Å²) in [4.78, 5) is 18.0. The van der Waals surface area contributed by atoms with Crippen LogP contribution in [0.15, 0.2) is 77.5 Å². The number of halogens is 1. The van der Waals surface area contributed by atoms with Crippen molar-refractivity contribution in [1.29, 1.82) is 0 Å². The minimum absolute atomic E-state index is 0.215. The van der Waals surface area contributed by atoms with Crippen molar-refractivity contribution in [2.24, 2.45) is 0 Å². The van der Waals surface area contributed by atoms with Gasteiger partial charge in [0.1, 0.15) is 16.6 Å². The molecule has 0 aliphatic carbocycles. The lowest BCUT2D eigenvalue weighted by Gasteiger charge is -2.21. The number of hydrogen-bond acceptors (Lipinski definition) is 5. The smallest absolute Gasteiger partial charge is 0.291 e. The normalized spacial score (nSPS) is 11.8. The molecule has 0 saturated heterocycles. The fraction of sp³-hybridized carbons (Fsp3) is 0.130. The van der Waals surface area contributed by atoms with E-state index < -0.39 is 6.04 Å². The number of carbonyl (C=O) groups is 1. The van der Waals surface area contributed by atoms with Gasteiger partial charge < -0.3 is 15.1 Å². The van der Waals surface area contributed by atoms with E-state index in [2.05, 4.69) is 15.6 Å². The second-order valence-corrected chi connectivity index (χ2v) is 7.73. The Morgan fingerprint density at radius 2 is 1.97 bits per heavy atom. The van der Waals surface area contributed by atoms with Crippen molar-refractivity contribution in [1.82, 2.24) is 4.98 Å². The topological polar surface area (TPSA) is 67.2 Å². The molecule has 4 rings (SSSR count). The summed E-state index contributed by atoms with van der Waals surface area (Å²) < 4.78 is 20.0. The molecule has 3 aromatic heterocycles. The molecule has 30 heavy (non-hydrogen) atoms. The van der Waals surface area contributed by atoms with E-state index >= 15 is 0 Å². The Balaban J connectivity index is 1.77. The van der Waals surface area contributed by atoms with Crippen LogP contribution in [0.1, 0.15) is 39.5 Å². The zero-order valence-corrected chi connectivity index (χ0v) is 17.1. The van der Waals surface area contributed by atoms with Crippen molar-refractivity contribution < 1.29 is 13.6 Å². The van der Waals surface area contributed by atoms with Crippen LogP contribution in [-0.4, -0.2) is 10.9 Å². The number of carbonyl (C=O) groups excluding carboxylic acids is 1. The number of pyridine rings is 1. The second kappa shape index (κ2) is 8.92. The molecule has 0 radical (unpaired) electrons. The minimum Gasteiger partial charge on any atom is -0.459 e. The third kappa shape index (κ3) is 4.26. The molecule has 1 amide bonds. The number of amides is 1. The van der Waals surface area contributed by atoms with E-state index in [4.69, 9.17) is 4.42 Å². The first-order valence-corrected chi connectivity index (χ1v) is 10.4. The van der Waals surface area contributed by atoms with Crippen LogP contribution in [-0.2, 0) is 6.42 Å². The van der Waals surface area contributed by atoms with Gasteiger partial charge in [-0.05, 0) is 42.8 Å². The zero-order valence-electron chi connectivity index (χ0n) is 16.3. The third-order valence-electron chi connectivity index (χ3n) is 4.62. The lowest BCUT2D eigenvalue weighted by Crippen LogP contribution is -2.17. The van der Waals surface area contributed by atoms with Crippen LogP contribution in [0.4, 0.5) is 15.2 Å². The number of rotatable bonds is 7. The van der Waals surface area contributed by atoms with Gasteiger partial charge in [-0.25, -0.2) is 9.37 Å². The van der Waals surface area contributed by atoms with E-state index in [0.29, 0.717) is 16.4 Å². The number of nitrogens with one attached hydrogen (secondary N) is 2. The lowest BCUT2D eigenvalue weighted by molar-refractivity contribution is 0.0997. The molecule has 1 aromatic carbocycles. The van der Waals surface area contributed by atoms with Gasteiger partial charge >= 0.3 is 0 Å². The van der Waals surface area contributed by atoms with Crippen LogP contribution in [0.3, 0.4) is 0 Å². The summed E-state index contributed by atoms with van der Waals surface area (Å²) in [6.07, 6.45) is 3.92. The van der Waals surface area contributed by atoms with Gasteiger partial charge in [0.2, 0.25) is 0 Å². The Kier molecular flexibility index (Phi) is 5.90. The highest BCUT2D eigenvalue weighted by Gasteiger charge is 2.25. The molecule has 4 aromatic rings. The van der Waals surface area contributed by atoms with Crippen LogP contribution in [0.2, 0.25) is 0 Å². The van der Waals surface area contributed by atoms with Gasteiger partial charge in [0.15, 0.2) is 5.76 Å². The van der Waals surface area contributed by atoms with Gasteiger partial charge in [0, 0.05) is 22.2 Å². The molecule has 7 heteroatoms. The van der Waals surface area contributed by atoms with Crippen molar-refractivity contribution in [3.05, 3.63) is 101 Å². The molecule has 0 aliphatic heterocycles. The van der Waals surface area contributed by atoms with Gasteiger partial charge in [-0.15, -0.1) is 11.3 Å². The number of aromatic nitrogens is 1. The predicted molar refractivity (Wildman–Crippen MR) is 116 cm³/mol.